The molecule has 1 aromatic carbocycles. The average Bonchev–Trinajstić information content (AvgIpc) is 3.53. The predicted molar refractivity (Wildman–Crippen MR) is 143 cm³/mol. The zero-order valence-corrected chi connectivity index (χ0v) is 22.5. The van der Waals surface area contributed by atoms with Crippen LogP contribution < -0.4 is 5.32 Å². The van der Waals surface area contributed by atoms with Gasteiger partial charge in [0, 0.05) is 38.3 Å². The lowest BCUT2D eigenvalue weighted by Crippen LogP contribution is -2.48. The van der Waals surface area contributed by atoms with Crippen molar-refractivity contribution in [3.05, 3.63) is 65.5 Å². The number of halogens is 1. The number of ether oxygens (including phenoxy) is 1. The van der Waals surface area contributed by atoms with Gasteiger partial charge in [0.25, 0.3) is 0 Å². The maximum absolute atomic E-state index is 13.7. The zero-order valence-electron chi connectivity index (χ0n) is 21.7. The van der Waals surface area contributed by atoms with Crippen molar-refractivity contribution in [3.63, 3.8) is 0 Å². The summed E-state index contributed by atoms with van der Waals surface area (Å²) < 4.78 is 22.2. The van der Waals surface area contributed by atoms with Crippen LogP contribution in [-0.4, -0.2) is 38.1 Å². The molecule has 0 atom stereocenters. The minimum atomic E-state index is -0.482. The molecule has 9 nitrogen and oxygen atoms in total. The first-order chi connectivity index (χ1) is 18.7. The number of hydrogen-bond donors (Lipinski definition) is 1. The third-order valence-electron chi connectivity index (χ3n) is 7.33. The second kappa shape index (κ2) is 10.4. The Morgan fingerprint density at radius 2 is 1.90 bits per heavy atom. The van der Waals surface area contributed by atoms with Crippen LogP contribution in [0.1, 0.15) is 55.5 Å². The standard InChI is InChI=1S/C28H26FN7O2S/c1-17-23(15-33-36(17)22-6-8-28(2,9-7-22)34-27(37)38-3)19-11-25(26-20(13-31)14-32-35(26)16-19)39-24-5-4-21(29)10-18(24)12-30/h4-5,10-11,14-16,22H,6-9H2,1-3H3,(H,34,37). The summed E-state index contributed by atoms with van der Waals surface area (Å²) in [5.41, 5.74) is 3.70. The van der Waals surface area contributed by atoms with Crippen LogP contribution in [0, 0.1) is 35.4 Å². The number of benzene rings is 1. The highest BCUT2D eigenvalue weighted by atomic mass is 32.2. The van der Waals surface area contributed by atoms with Gasteiger partial charge in [0.2, 0.25) is 0 Å². The van der Waals surface area contributed by atoms with Crippen molar-refractivity contribution < 1.29 is 13.9 Å². The van der Waals surface area contributed by atoms with Gasteiger partial charge in [0.15, 0.2) is 0 Å². The second-order valence-electron chi connectivity index (χ2n) is 9.91. The summed E-state index contributed by atoms with van der Waals surface area (Å²) in [6.07, 6.45) is 8.11. The van der Waals surface area contributed by atoms with Crippen molar-refractivity contribution in [1.82, 2.24) is 24.7 Å². The van der Waals surface area contributed by atoms with Gasteiger partial charge in [-0.25, -0.2) is 13.7 Å². The number of rotatable bonds is 5. The molecule has 0 radical (unpaired) electrons. The average molecular weight is 544 g/mol. The molecule has 1 N–H and O–H groups in total. The number of alkyl carbamates (subject to hydrolysis) is 1. The Morgan fingerprint density at radius 3 is 2.59 bits per heavy atom. The Morgan fingerprint density at radius 1 is 1.15 bits per heavy atom. The minimum Gasteiger partial charge on any atom is -0.453 e. The number of carbonyl (C=O) groups excluding carboxylic acids is 1. The van der Waals surface area contributed by atoms with Crippen molar-refractivity contribution in [2.75, 3.05) is 7.11 Å². The number of nitriles is 2. The molecule has 5 rings (SSSR count). The number of hydrogen-bond acceptors (Lipinski definition) is 7. The first-order valence-electron chi connectivity index (χ1n) is 12.4. The number of methoxy groups -OCH3 is 1. The molecular weight excluding hydrogens is 517 g/mol. The molecule has 1 fully saturated rings. The number of carbonyl (C=O) groups is 1. The fraction of sp³-hybridized carbons (Fsp3) is 0.321. The molecule has 3 aromatic heterocycles. The van der Waals surface area contributed by atoms with E-state index in [1.54, 1.807) is 10.6 Å². The molecule has 39 heavy (non-hydrogen) atoms. The molecule has 1 aliphatic carbocycles. The zero-order chi connectivity index (χ0) is 27.7. The molecular formula is C28H26FN7O2S. The molecule has 0 saturated heterocycles. The largest absolute Gasteiger partial charge is 0.453 e. The molecule has 198 valence electrons. The third-order valence-corrected chi connectivity index (χ3v) is 8.44. The second-order valence-corrected chi connectivity index (χ2v) is 11.0. The van der Waals surface area contributed by atoms with E-state index in [-0.39, 0.29) is 17.1 Å². The summed E-state index contributed by atoms with van der Waals surface area (Å²) in [6, 6.07) is 10.5. The summed E-state index contributed by atoms with van der Waals surface area (Å²) in [6.45, 7) is 4.06. The summed E-state index contributed by atoms with van der Waals surface area (Å²) >= 11 is 1.29. The van der Waals surface area contributed by atoms with Gasteiger partial charge in [0.1, 0.15) is 18.0 Å². The lowest BCUT2D eigenvalue weighted by atomic mass is 9.81. The van der Waals surface area contributed by atoms with Crippen LogP contribution >= 0.6 is 11.8 Å². The normalized spacial score (nSPS) is 18.9. The highest BCUT2D eigenvalue weighted by molar-refractivity contribution is 7.99. The van der Waals surface area contributed by atoms with Crippen LogP contribution in [0.25, 0.3) is 16.6 Å². The van der Waals surface area contributed by atoms with E-state index in [0.717, 1.165) is 47.4 Å². The fourth-order valence-electron chi connectivity index (χ4n) is 5.17. The van der Waals surface area contributed by atoms with Crippen molar-refractivity contribution in [1.29, 1.82) is 10.5 Å². The van der Waals surface area contributed by atoms with Crippen molar-refractivity contribution in [2.45, 2.75) is 60.9 Å². The van der Waals surface area contributed by atoms with E-state index in [1.165, 1.54) is 37.2 Å². The first-order valence-corrected chi connectivity index (χ1v) is 13.3. The van der Waals surface area contributed by atoms with E-state index in [2.05, 4.69) is 16.5 Å². The van der Waals surface area contributed by atoms with E-state index in [0.29, 0.717) is 16.0 Å². The Bertz CT molecular complexity index is 1650. The summed E-state index contributed by atoms with van der Waals surface area (Å²) in [7, 11) is 1.37. The van der Waals surface area contributed by atoms with E-state index < -0.39 is 11.9 Å². The van der Waals surface area contributed by atoms with Gasteiger partial charge < -0.3 is 10.1 Å². The predicted octanol–water partition coefficient (Wildman–Crippen LogP) is 5.77. The van der Waals surface area contributed by atoms with Gasteiger partial charge >= 0.3 is 6.09 Å². The van der Waals surface area contributed by atoms with E-state index in [1.807, 2.05) is 43.1 Å². The van der Waals surface area contributed by atoms with Gasteiger partial charge in [-0.2, -0.15) is 20.7 Å². The van der Waals surface area contributed by atoms with Crippen molar-refractivity contribution >= 4 is 23.4 Å². The first kappa shape index (κ1) is 26.3. The topological polar surface area (TPSA) is 121 Å². The molecule has 4 aromatic rings. The molecule has 1 aliphatic rings. The number of fused-ring (bicyclic) bond motifs is 1. The van der Waals surface area contributed by atoms with Gasteiger partial charge in [0.05, 0.1) is 42.2 Å². The molecule has 0 bridgehead atoms. The number of nitrogens with one attached hydrogen (secondary N) is 1. The molecule has 0 spiro atoms. The number of nitrogens with zero attached hydrogens (tertiary/aromatic N) is 6. The van der Waals surface area contributed by atoms with E-state index in [4.69, 9.17) is 9.84 Å². The van der Waals surface area contributed by atoms with Gasteiger partial charge in [-0.05, 0) is 63.8 Å². The Balaban J connectivity index is 1.48. The molecule has 1 amide bonds. The van der Waals surface area contributed by atoms with Crippen LogP contribution in [0.3, 0.4) is 0 Å². The highest BCUT2D eigenvalue weighted by Crippen LogP contribution is 2.40. The molecule has 0 unspecified atom stereocenters. The lowest BCUT2D eigenvalue weighted by molar-refractivity contribution is 0.139. The molecule has 1 saturated carbocycles. The maximum Gasteiger partial charge on any atom is 0.407 e. The van der Waals surface area contributed by atoms with Crippen molar-refractivity contribution in [3.8, 4) is 23.3 Å². The van der Waals surface area contributed by atoms with Gasteiger partial charge in [-0.3, -0.25) is 4.68 Å². The third kappa shape index (κ3) is 5.06. The van der Waals surface area contributed by atoms with Crippen LogP contribution in [-0.2, 0) is 4.74 Å². The quantitative estimate of drug-likeness (QED) is 0.339. The van der Waals surface area contributed by atoms with E-state index >= 15 is 0 Å². The maximum atomic E-state index is 13.7. The van der Waals surface area contributed by atoms with Crippen LogP contribution in [0.5, 0.6) is 0 Å². The van der Waals surface area contributed by atoms with E-state index in [9.17, 15) is 19.7 Å². The highest BCUT2D eigenvalue weighted by Gasteiger charge is 2.34. The monoisotopic (exact) mass is 543 g/mol. The SMILES string of the molecule is COC(=O)NC1(C)CCC(n2ncc(-c3cc(Sc4ccc(F)cc4C#N)c4c(C#N)cnn4c3)c2C)CC1. The Labute approximate surface area is 229 Å². The molecule has 11 heteroatoms. The number of amides is 1. The van der Waals surface area contributed by atoms with Gasteiger partial charge in [-0.1, -0.05) is 11.8 Å². The van der Waals surface area contributed by atoms with Crippen LogP contribution in [0.4, 0.5) is 9.18 Å². The number of pyridine rings is 1. The summed E-state index contributed by atoms with van der Waals surface area (Å²) in [5.74, 6) is -0.482. The molecule has 3 heterocycles. The lowest BCUT2D eigenvalue weighted by Gasteiger charge is -2.37. The Kier molecular flexibility index (Phi) is 7.02. The fourth-order valence-corrected chi connectivity index (χ4v) is 6.24. The Hall–Kier alpha value is -4.35. The summed E-state index contributed by atoms with van der Waals surface area (Å²) in [4.78, 5) is 13.1. The van der Waals surface area contributed by atoms with Crippen LogP contribution in [0.2, 0.25) is 0 Å². The van der Waals surface area contributed by atoms with Gasteiger partial charge in [-0.15, -0.1) is 0 Å². The number of aromatic nitrogens is 4. The smallest absolute Gasteiger partial charge is 0.407 e. The van der Waals surface area contributed by atoms with Crippen molar-refractivity contribution in [2.24, 2.45) is 0 Å². The molecule has 0 aliphatic heterocycles. The van der Waals surface area contributed by atoms with Crippen LogP contribution in [0.15, 0.2) is 52.6 Å². The summed E-state index contributed by atoms with van der Waals surface area (Å²) in [5, 5.41) is 31.3. The minimum absolute atomic E-state index is 0.191.